The van der Waals surface area contributed by atoms with E-state index in [0.717, 1.165) is 0 Å². The molecule has 0 aliphatic carbocycles. The quantitative estimate of drug-likeness (QED) is 0.766. The number of aryl methyl sites for hydroxylation is 1. The van der Waals surface area contributed by atoms with E-state index < -0.39 is 0 Å². The van der Waals surface area contributed by atoms with Gasteiger partial charge < -0.3 is 9.88 Å². The van der Waals surface area contributed by atoms with Crippen LogP contribution in [0.1, 0.15) is 18.5 Å². The maximum absolute atomic E-state index is 3.28. The lowest BCUT2D eigenvalue weighted by Crippen LogP contribution is -2.13. The van der Waals surface area contributed by atoms with Crippen LogP contribution in [0.4, 0.5) is 0 Å². The van der Waals surface area contributed by atoms with Crippen LogP contribution < -0.4 is 5.32 Å². The molecule has 2 rings (SSSR count). The van der Waals surface area contributed by atoms with Crippen LogP contribution in [-0.2, 0) is 7.05 Å². The summed E-state index contributed by atoms with van der Waals surface area (Å²) in [5.74, 6) is 0. The van der Waals surface area contributed by atoms with Crippen molar-refractivity contribution in [3.8, 4) is 0 Å². The van der Waals surface area contributed by atoms with Crippen molar-refractivity contribution in [1.82, 2.24) is 9.88 Å². The molecule has 2 nitrogen and oxygen atoms in total. The average molecular weight is 188 g/mol. The number of nitrogens with one attached hydrogen (secondary N) is 1. The molecule has 1 heterocycles. The minimum absolute atomic E-state index is 0.396. The highest BCUT2D eigenvalue weighted by atomic mass is 14.9. The third-order valence-corrected chi connectivity index (χ3v) is 2.83. The molecule has 1 aromatic carbocycles. The molecule has 0 saturated heterocycles. The minimum Gasteiger partial charge on any atom is -0.350 e. The van der Waals surface area contributed by atoms with E-state index in [1.165, 1.54) is 16.5 Å². The Kier molecular flexibility index (Phi) is 2.30. The molecular formula is C12H16N2. The third kappa shape index (κ3) is 1.32. The molecule has 0 aliphatic heterocycles. The number of benzene rings is 1. The van der Waals surface area contributed by atoms with Crippen molar-refractivity contribution >= 4 is 10.9 Å². The van der Waals surface area contributed by atoms with Gasteiger partial charge in [0.2, 0.25) is 0 Å². The Morgan fingerprint density at radius 1 is 1.29 bits per heavy atom. The minimum atomic E-state index is 0.396. The maximum atomic E-state index is 3.28. The molecule has 1 atom stereocenters. The first kappa shape index (κ1) is 9.28. The zero-order valence-corrected chi connectivity index (χ0v) is 8.91. The highest BCUT2D eigenvalue weighted by Crippen LogP contribution is 2.24. The lowest BCUT2D eigenvalue weighted by atomic mass is 10.1. The summed E-state index contributed by atoms with van der Waals surface area (Å²) in [6.45, 7) is 2.18. The van der Waals surface area contributed by atoms with Gasteiger partial charge in [-0.2, -0.15) is 0 Å². The van der Waals surface area contributed by atoms with Crippen LogP contribution in [0, 0.1) is 0 Å². The molecule has 0 aliphatic rings. The fraction of sp³-hybridized carbons (Fsp3) is 0.333. The lowest BCUT2D eigenvalue weighted by Gasteiger charge is -2.13. The van der Waals surface area contributed by atoms with Gasteiger partial charge in [-0.05, 0) is 31.0 Å². The normalized spacial score (nSPS) is 13.4. The van der Waals surface area contributed by atoms with Gasteiger partial charge in [0.05, 0.1) is 5.52 Å². The summed E-state index contributed by atoms with van der Waals surface area (Å²) in [6.07, 6.45) is 2.11. The van der Waals surface area contributed by atoms with E-state index in [2.05, 4.69) is 54.3 Å². The first-order valence-electron chi connectivity index (χ1n) is 4.95. The van der Waals surface area contributed by atoms with E-state index in [4.69, 9.17) is 0 Å². The molecule has 2 aromatic rings. The van der Waals surface area contributed by atoms with Gasteiger partial charge in [0.15, 0.2) is 0 Å². The second-order valence-corrected chi connectivity index (χ2v) is 3.72. The largest absolute Gasteiger partial charge is 0.350 e. The predicted molar refractivity (Wildman–Crippen MR) is 60.4 cm³/mol. The number of nitrogens with zero attached hydrogens (tertiary/aromatic N) is 1. The van der Waals surface area contributed by atoms with Gasteiger partial charge in [-0.1, -0.05) is 18.2 Å². The van der Waals surface area contributed by atoms with Crippen molar-refractivity contribution in [2.75, 3.05) is 7.05 Å². The van der Waals surface area contributed by atoms with Crippen molar-refractivity contribution < 1.29 is 0 Å². The SMILES string of the molecule is CNC(C)c1cccc2ccn(C)c12. The molecule has 0 saturated carbocycles. The van der Waals surface area contributed by atoms with Gasteiger partial charge in [0.1, 0.15) is 0 Å². The van der Waals surface area contributed by atoms with E-state index in [1.54, 1.807) is 0 Å². The number of aromatic nitrogens is 1. The number of hydrogen-bond donors (Lipinski definition) is 1. The number of hydrogen-bond acceptors (Lipinski definition) is 1. The topological polar surface area (TPSA) is 17.0 Å². The van der Waals surface area contributed by atoms with Crippen LogP contribution in [0.5, 0.6) is 0 Å². The lowest BCUT2D eigenvalue weighted by molar-refractivity contribution is 0.654. The first-order chi connectivity index (χ1) is 6.74. The van der Waals surface area contributed by atoms with E-state index in [0.29, 0.717) is 6.04 Å². The standard InChI is InChI=1S/C12H16N2/c1-9(13-2)11-6-4-5-10-7-8-14(3)12(10)11/h4-9,13H,1-3H3. The molecule has 14 heavy (non-hydrogen) atoms. The van der Waals surface area contributed by atoms with Gasteiger partial charge >= 0.3 is 0 Å². The van der Waals surface area contributed by atoms with E-state index in [-0.39, 0.29) is 0 Å². The molecule has 1 unspecified atom stereocenters. The Bertz CT molecular complexity index is 443. The monoisotopic (exact) mass is 188 g/mol. The van der Waals surface area contributed by atoms with Crippen LogP contribution in [0.3, 0.4) is 0 Å². The molecule has 74 valence electrons. The van der Waals surface area contributed by atoms with Gasteiger partial charge in [-0.3, -0.25) is 0 Å². The highest BCUT2D eigenvalue weighted by molar-refractivity contribution is 5.83. The van der Waals surface area contributed by atoms with Gasteiger partial charge in [0, 0.05) is 19.3 Å². The van der Waals surface area contributed by atoms with Crippen LogP contribution >= 0.6 is 0 Å². The first-order valence-corrected chi connectivity index (χ1v) is 4.95. The summed E-state index contributed by atoms with van der Waals surface area (Å²) < 4.78 is 2.18. The summed E-state index contributed by atoms with van der Waals surface area (Å²) in [6, 6.07) is 9.00. The van der Waals surface area contributed by atoms with Crippen molar-refractivity contribution in [2.24, 2.45) is 7.05 Å². The van der Waals surface area contributed by atoms with Crippen LogP contribution in [0.15, 0.2) is 30.5 Å². The number of rotatable bonds is 2. The van der Waals surface area contributed by atoms with Crippen LogP contribution in [0.25, 0.3) is 10.9 Å². The molecular weight excluding hydrogens is 172 g/mol. The summed E-state index contributed by atoms with van der Waals surface area (Å²) in [4.78, 5) is 0. The van der Waals surface area contributed by atoms with E-state index in [1.807, 2.05) is 7.05 Å². The number of fused-ring (bicyclic) bond motifs is 1. The predicted octanol–water partition coefficient (Wildman–Crippen LogP) is 2.46. The smallest absolute Gasteiger partial charge is 0.0526 e. The molecule has 0 fully saturated rings. The zero-order valence-electron chi connectivity index (χ0n) is 8.91. The highest BCUT2D eigenvalue weighted by Gasteiger charge is 2.08. The Morgan fingerprint density at radius 3 is 2.79 bits per heavy atom. The van der Waals surface area contributed by atoms with Crippen LogP contribution in [0.2, 0.25) is 0 Å². The van der Waals surface area contributed by atoms with Crippen molar-refractivity contribution in [1.29, 1.82) is 0 Å². The summed E-state index contributed by atoms with van der Waals surface area (Å²) in [5, 5.41) is 4.59. The Morgan fingerprint density at radius 2 is 2.07 bits per heavy atom. The summed E-state index contributed by atoms with van der Waals surface area (Å²) in [7, 11) is 4.08. The molecule has 2 heteroatoms. The average Bonchev–Trinajstić information content (AvgIpc) is 2.59. The second-order valence-electron chi connectivity index (χ2n) is 3.72. The Balaban J connectivity index is 2.69. The zero-order chi connectivity index (χ0) is 10.1. The molecule has 0 radical (unpaired) electrons. The van der Waals surface area contributed by atoms with Gasteiger partial charge in [-0.25, -0.2) is 0 Å². The second kappa shape index (κ2) is 3.46. The van der Waals surface area contributed by atoms with Crippen LogP contribution in [-0.4, -0.2) is 11.6 Å². The fourth-order valence-corrected chi connectivity index (χ4v) is 1.89. The Labute approximate surface area is 84.5 Å². The molecule has 0 spiro atoms. The molecule has 0 amide bonds. The molecule has 1 aromatic heterocycles. The fourth-order valence-electron chi connectivity index (χ4n) is 1.89. The van der Waals surface area contributed by atoms with Crippen molar-refractivity contribution in [2.45, 2.75) is 13.0 Å². The van der Waals surface area contributed by atoms with Gasteiger partial charge in [0.25, 0.3) is 0 Å². The third-order valence-electron chi connectivity index (χ3n) is 2.83. The Hall–Kier alpha value is -1.28. The molecule has 0 bridgehead atoms. The van der Waals surface area contributed by atoms with Crippen molar-refractivity contribution in [3.63, 3.8) is 0 Å². The molecule has 1 N–H and O–H groups in total. The summed E-state index contributed by atoms with van der Waals surface area (Å²) in [5.41, 5.74) is 2.69. The number of para-hydroxylation sites is 1. The van der Waals surface area contributed by atoms with E-state index in [9.17, 15) is 0 Å². The summed E-state index contributed by atoms with van der Waals surface area (Å²) >= 11 is 0. The van der Waals surface area contributed by atoms with E-state index >= 15 is 0 Å². The van der Waals surface area contributed by atoms with Gasteiger partial charge in [-0.15, -0.1) is 0 Å². The van der Waals surface area contributed by atoms with Crippen molar-refractivity contribution in [3.05, 3.63) is 36.0 Å². The maximum Gasteiger partial charge on any atom is 0.0526 e.